The predicted molar refractivity (Wildman–Crippen MR) is 90.2 cm³/mol. The summed E-state index contributed by atoms with van der Waals surface area (Å²) < 4.78 is 7.72. The summed E-state index contributed by atoms with van der Waals surface area (Å²) >= 11 is 0. The second kappa shape index (κ2) is 5.76. The Balaban J connectivity index is 1.88. The molecule has 5 heteroatoms. The number of nitrogens with one attached hydrogen (secondary N) is 1. The number of aromatic nitrogens is 3. The topological polar surface area (TPSA) is 52.0 Å². The monoisotopic (exact) mass is 306 g/mol. The van der Waals surface area contributed by atoms with E-state index in [0.717, 1.165) is 41.5 Å². The van der Waals surface area contributed by atoms with Crippen LogP contribution in [0.25, 0.3) is 16.9 Å². The van der Waals surface area contributed by atoms with E-state index >= 15 is 0 Å². The Morgan fingerprint density at radius 2 is 2.13 bits per heavy atom. The van der Waals surface area contributed by atoms with E-state index in [2.05, 4.69) is 10.3 Å². The van der Waals surface area contributed by atoms with Crippen LogP contribution in [0.5, 0.6) is 5.75 Å². The van der Waals surface area contributed by atoms with Crippen LogP contribution in [0.1, 0.15) is 12.5 Å². The molecule has 0 amide bonds. The SMILES string of the molecule is CCOc1ccccc1-n1nc(-c2cccnc2)c2c1NCC2. The molecule has 0 spiro atoms. The van der Waals surface area contributed by atoms with Gasteiger partial charge in [0.15, 0.2) is 0 Å². The lowest BCUT2D eigenvalue weighted by molar-refractivity contribution is 0.338. The third-order valence-corrected chi connectivity index (χ3v) is 3.98. The molecule has 0 saturated heterocycles. The fraction of sp³-hybridized carbons (Fsp3) is 0.222. The number of pyridine rings is 1. The molecule has 0 unspecified atom stereocenters. The van der Waals surface area contributed by atoms with Crippen molar-refractivity contribution in [2.45, 2.75) is 13.3 Å². The lowest BCUT2D eigenvalue weighted by Gasteiger charge is -2.12. The van der Waals surface area contributed by atoms with Gasteiger partial charge in [0.25, 0.3) is 0 Å². The van der Waals surface area contributed by atoms with Crippen LogP contribution in [-0.4, -0.2) is 27.9 Å². The van der Waals surface area contributed by atoms with Crippen molar-refractivity contribution < 1.29 is 4.74 Å². The highest BCUT2D eigenvalue weighted by Gasteiger charge is 2.25. The Morgan fingerprint density at radius 1 is 1.22 bits per heavy atom. The standard InChI is InChI=1S/C18H18N4O/c1-2-23-16-8-4-3-7-15(16)22-18-14(9-11-20-18)17(21-22)13-6-5-10-19-12-13/h3-8,10,12,20H,2,9,11H2,1H3. The van der Waals surface area contributed by atoms with E-state index in [1.54, 1.807) is 6.20 Å². The van der Waals surface area contributed by atoms with Crippen LogP contribution in [0.3, 0.4) is 0 Å². The van der Waals surface area contributed by atoms with Gasteiger partial charge in [-0.3, -0.25) is 4.98 Å². The molecule has 0 atom stereocenters. The number of para-hydroxylation sites is 2. The number of anilines is 1. The van der Waals surface area contributed by atoms with Crippen LogP contribution in [0.2, 0.25) is 0 Å². The molecule has 0 bridgehead atoms. The van der Waals surface area contributed by atoms with Crippen LogP contribution < -0.4 is 10.1 Å². The maximum Gasteiger partial charge on any atom is 0.145 e. The number of hydrogen-bond donors (Lipinski definition) is 1. The van der Waals surface area contributed by atoms with Gasteiger partial charge in [0, 0.05) is 30.1 Å². The number of benzene rings is 1. The molecular formula is C18H18N4O. The molecule has 3 aromatic rings. The quantitative estimate of drug-likeness (QED) is 0.803. The van der Waals surface area contributed by atoms with Crippen LogP contribution in [0.15, 0.2) is 48.8 Å². The highest BCUT2D eigenvalue weighted by atomic mass is 16.5. The fourth-order valence-electron chi connectivity index (χ4n) is 2.99. The Bertz CT molecular complexity index is 826. The van der Waals surface area contributed by atoms with Gasteiger partial charge in [-0.05, 0) is 37.6 Å². The van der Waals surface area contributed by atoms with Crippen molar-refractivity contribution in [1.82, 2.24) is 14.8 Å². The summed E-state index contributed by atoms with van der Waals surface area (Å²) in [6, 6.07) is 12.0. The van der Waals surface area contributed by atoms with Crippen molar-refractivity contribution in [3.63, 3.8) is 0 Å². The van der Waals surface area contributed by atoms with E-state index < -0.39 is 0 Å². The molecule has 5 nitrogen and oxygen atoms in total. The minimum atomic E-state index is 0.628. The fourth-order valence-corrected chi connectivity index (χ4v) is 2.99. The maximum absolute atomic E-state index is 5.77. The molecule has 0 saturated carbocycles. The zero-order valence-electron chi connectivity index (χ0n) is 13.0. The average Bonchev–Trinajstić information content (AvgIpc) is 3.19. The predicted octanol–water partition coefficient (Wildman–Crippen LogP) is 3.30. The number of rotatable bonds is 4. The summed E-state index contributed by atoms with van der Waals surface area (Å²) in [5.74, 6) is 1.89. The first-order valence-electron chi connectivity index (χ1n) is 7.87. The smallest absolute Gasteiger partial charge is 0.145 e. The number of hydrogen-bond acceptors (Lipinski definition) is 4. The Morgan fingerprint density at radius 3 is 2.96 bits per heavy atom. The number of fused-ring (bicyclic) bond motifs is 1. The van der Waals surface area contributed by atoms with Gasteiger partial charge in [-0.1, -0.05) is 12.1 Å². The van der Waals surface area contributed by atoms with Crippen LogP contribution in [0, 0.1) is 0 Å². The molecule has 23 heavy (non-hydrogen) atoms. The normalized spacial score (nSPS) is 12.7. The molecule has 3 heterocycles. The van der Waals surface area contributed by atoms with Crippen LogP contribution >= 0.6 is 0 Å². The summed E-state index contributed by atoms with van der Waals surface area (Å²) in [5.41, 5.74) is 4.23. The highest BCUT2D eigenvalue weighted by Crippen LogP contribution is 2.36. The van der Waals surface area contributed by atoms with E-state index in [1.165, 1.54) is 5.56 Å². The van der Waals surface area contributed by atoms with Gasteiger partial charge in [-0.15, -0.1) is 0 Å². The molecule has 0 radical (unpaired) electrons. The third-order valence-electron chi connectivity index (χ3n) is 3.98. The first kappa shape index (κ1) is 13.8. The van der Waals surface area contributed by atoms with Crippen molar-refractivity contribution in [1.29, 1.82) is 0 Å². The van der Waals surface area contributed by atoms with Gasteiger partial charge in [0.1, 0.15) is 17.3 Å². The molecule has 1 N–H and O–H groups in total. The summed E-state index contributed by atoms with van der Waals surface area (Å²) in [6.45, 7) is 3.55. The Labute approximate surface area is 134 Å². The highest BCUT2D eigenvalue weighted by molar-refractivity contribution is 5.72. The van der Waals surface area contributed by atoms with E-state index in [4.69, 9.17) is 9.84 Å². The summed E-state index contributed by atoms with van der Waals surface area (Å²) in [7, 11) is 0. The molecular weight excluding hydrogens is 288 g/mol. The molecule has 1 aliphatic rings. The lowest BCUT2D eigenvalue weighted by atomic mass is 10.1. The van der Waals surface area contributed by atoms with Crippen molar-refractivity contribution in [2.24, 2.45) is 0 Å². The average molecular weight is 306 g/mol. The van der Waals surface area contributed by atoms with Crippen LogP contribution in [-0.2, 0) is 6.42 Å². The molecule has 2 aromatic heterocycles. The Hall–Kier alpha value is -2.82. The second-order valence-electron chi connectivity index (χ2n) is 5.41. The lowest BCUT2D eigenvalue weighted by Crippen LogP contribution is -2.06. The van der Waals surface area contributed by atoms with E-state index in [1.807, 2.05) is 54.2 Å². The third kappa shape index (κ3) is 2.34. The van der Waals surface area contributed by atoms with Gasteiger partial charge in [-0.25, -0.2) is 4.68 Å². The molecule has 1 aliphatic heterocycles. The van der Waals surface area contributed by atoms with Crippen LogP contribution in [0.4, 0.5) is 5.82 Å². The minimum Gasteiger partial charge on any atom is -0.492 e. The van der Waals surface area contributed by atoms with E-state index in [-0.39, 0.29) is 0 Å². The summed E-state index contributed by atoms with van der Waals surface area (Å²) in [5, 5.41) is 8.30. The van der Waals surface area contributed by atoms with E-state index in [9.17, 15) is 0 Å². The van der Waals surface area contributed by atoms with Crippen molar-refractivity contribution in [3.8, 4) is 22.7 Å². The van der Waals surface area contributed by atoms with Gasteiger partial charge in [0.05, 0.1) is 12.3 Å². The minimum absolute atomic E-state index is 0.628. The van der Waals surface area contributed by atoms with Crippen molar-refractivity contribution >= 4 is 5.82 Å². The summed E-state index contributed by atoms with van der Waals surface area (Å²) in [6.07, 6.45) is 4.61. The largest absolute Gasteiger partial charge is 0.492 e. The zero-order valence-corrected chi connectivity index (χ0v) is 13.0. The van der Waals surface area contributed by atoms with Gasteiger partial charge in [0.2, 0.25) is 0 Å². The van der Waals surface area contributed by atoms with Crippen molar-refractivity contribution in [3.05, 3.63) is 54.4 Å². The van der Waals surface area contributed by atoms with Gasteiger partial charge >= 0.3 is 0 Å². The maximum atomic E-state index is 5.77. The molecule has 1 aromatic carbocycles. The second-order valence-corrected chi connectivity index (χ2v) is 5.41. The molecule has 0 fully saturated rings. The molecule has 4 rings (SSSR count). The zero-order chi connectivity index (χ0) is 15.6. The van der Waals surface area contributed by atoms with Gasteiger partial charge < -0.3 is 10.1 Å². The number of ether oxygens (including phenoxy) is 1. The molecule has 116 valence electrons. The first-order valence-corrected chi connectivity index (χ1v) is 7.87. The number of nitrogens with zero attached hydrogens (tertiary/aromatic N) is 3. The Kier molecular flexibility index (Phi) is 3.46. The van der Waals surface area contributed by atoms with Gasteiger partial charge in [-0.2, -0.15) is 5.10 Å². The summed E-state index contributed by atoms with van der Waals surface area (Å²) in [4.78, 5) is 4.22. The van der Waals surface area contributed by atoms with E-state index in [0.29, 0.717) is 6.61 Å². The molecule has 0 aliphatic carbocycles. The first-order chi connectivity index (χ1) is 11.4. The van der Waals surface area contributed by atoms with Crippen molar-refractivity contribution in [2.75, 3.05) is 18.5 Å².